The van der Waals surface area contributed by atoms with Gasteiger partial charge in [-0.3, -0.25) is 14.3 Å². The number of carbonyl (C=O) groups excluding carboxylic acids is 2. The molecule has 0 atom stereocenters. The molecule has 1 aromatic carbocycles. The number of esters is 1. The molecule has 0 spiro atoms. The molecule has 0 radical (unpaired) electrons. The Labute approximate surface area is 157 Å². The van der Waals surface area contributed by atoms with Crippen LogP contribution >= 0.6 is 11.6 Å². The maximum Gasteiger partial charge on any atom is 0.416 e. The number of aromatic nitrogens is 2. The molecule has 144 valence electrons. The lowest BCUT2D eigenvalue weighted by molar-refractivity contribution is -0.137. The summed E-state index contributed by atoms with van der Waals surface area (Å²) in [6.45, 7) is 4.85. The van der Waals surface area contributed by atoms with E-state index in [-0.39, 0.29) is 23.6 Å². The zero-order valence-electron chi connectivity index (χ0n) is 14.6. The average Bonchev–Trinajstić information content (AvgIpc) is 2.95. The highest BCUT2D eigenvalue weighted by molar-refractivity contribution is 6.66. The zero-order valence-corrected chi connectivity index (χ0v) is 15.4. The van der Waals surface area contributed by atoms with Crippen molar-refractivity contribution in [3.05, 3.63) is 41.5 Å². The van der Waals surface area contributed by atoms with Crippen molar-refractivity contribution in [3.63, 3.8) is 0 Å². The highest BCUT2D eigenvalue weighted by Gasteiger charge is 2.36. The van der Waals surface area contributed by atoms with E-state index in [1.807, 2.05) is 0 Å². The van der Waals surface area contributed by atoms with Gasteiger partial charge in [0, 0.05) is 0 Å². The predicted octanol–water partition coefficient (Wildman–Crippen LogP) is 4.53. The molecular weight excluding hydrogens is 387 g/mol. The van der Waals surface area contributed by atoms with Gasteiger partial charge in [0.15, 0.2) is 5.69 Å². The summed E-state index contributed by atoms with van der Waals surface area (Å²) in [6.07, 6.45) is -3.27. The number of rotatable bonds is 1. The predicted molar refractivity (Wildman–Crippen MR) is 91.2 cm³/mol. The summed E-state index contributed by atoms with van der Waals surface area (Å²) in [5, 5.41) is -0.974. The number of amides is 1. The number of hydrogen-bond donors (Lipinski definition) is 0. The molecule has 0 fully saturated rings. The number of imidazole rings is 1. The average molecular weight is 402 g/mol. The number of fused-ring (bicyclic) bond motifs is 3. The molecule has 1 aliphatic heterocycles. The summed E-state index contributed by atoms with van der Waals surface area (Å²) in [5.41, 5.74) is -1.18. The first kappa shape index (κ1) is 19.2. The maximum absolute atomic E-state index is 13.0. The molecule has 2 aromatic rings. The molecule has 0 saturated carbocycles. The van der Waals surface area contributed by atoms with Gasteiger partial charge >= 0.3 is 17.5 Å². The van der Waals surface area contributed by atoms with Gasteiger partial charge in [0.2, 0.25) is 0 Å². The van der Waals surface area contributed by atoms with Crippen molar-refractivity contribution in [2.75, 3.05) is 4.90 Å². The second-order valence-electron chi connectivity index (χ2n) is 6.95. The Morgan fingerprint density at radius 2 is 1.85 bits per heavy atom. The summed E-state index contributed by atoms with van der Waals surface area (Å²) in [5.74, 6) is -0.700. The van der Waals surface area contributed by atoms with Gasteiger partial charge in [-0.05, 0) is 50.6 Å². The minimum atomic E-state index is -4.58. The summed E-state index contributed by atoms with van der Waals surface area (Å²) in [7, 11) is 0. The van der Waals surface area contributed by atoms with Gasteiger partial charge in [-0.25, -0.2) is 9.78 Å². The molecule has 1 amide bonds. The van der Waals surface area contributed by atoms with E-state index < -0.39 is 28.7 Å². The Morgan fingerprint density at radius 1 is 1.19 bits per heavy atom. The molecule has 3 rings (SSSR count). The Bertz CT molecular complexity index is 932. The number of benzene rings is 1. The van der Waals surface area contributed by atoms with Crippen LogP contribution in [0.5, 0.6) is 0 Å². The summed E-state index contributed by atoms with van der Waals surface area (Å²) < 4.78 is 45.8. The Balaban J connectivity index is 2.12. The number of nitrogens with zero attached hydrogens (tertiary/aromatic N) is 3. The highest BCUT2D eigenvalue weighted by Crippen LogP contribution is 2.39. The van der Waals surface area contributed by atoms with Crippen LogP contribution in [-0.2, 0) is 17.5 Å². The normalized spacial score (nSPS) is 13.8. The van der Waals surface area contributed by atoms with E-state index in [2.05, 4.69) is 4.98 Å². The van der Waals surface area contributed by atoms with E-state index in [1.165, 1.54) is 17.0 Å². The molecule has 6 nitrogen and oxygen atoms in total. The summed E-state index contributed by atoms with van der Waals surface area (Å²) in [4.78, 5) is 29.2. The van der Waals surface area contributed by atoms with E-state index in [0.29, 0.717) is 5.69 Å². The van der Waals surface area contributed by atoms with Crippen LogP contribution in [0.2, 0.25) is 0 Å². The monoisotopic (exact) mass is 401 g/mol. The first-order valence-corrected chi connectivity index (χ1v) is 8.24. The lowest BCUT2D eigenvalue weighted by Gasteiger charge is -2.30. The van der Waals surface area contributed by atoms with Gasteiger partial charge in [-0.1, -0.05) is 0 Å². The van der Waals surface area contributed by atoms with E-state index >= 15 is 0 Å². The fourth-order valence-electron chi connectivity index (χ4n) is 2.74. The third kappa shape index (κ3) is 3.64. The van der Waals surface area contributed by atoms with E-state index in [1.54, 1.807) is 20.8 Å². The second-order valence-corrected chi connectivity index (χ2v) is 7.28. The third-order valence-electron chi connectivity index (χ3n) is 3.83. The molecule has 0 bridgehead atoms. The molecule has 27 heavy (non-hydrogen) atoms. The van der Waals surface area contributed by atoms with Crippen molar-refractivity contribution < 1.29 is 27.5 Å². The van der Waals surface area contributed by atoms with Crippen LogP contribution in [0.25, 0.3) is 5.69 Å². The topological polar surface area (TPSA) is 64.4 Å². The molecule has 0 N–H and O–H groups in total. The highest BCUT2D eigenvalue weighted by atomic mass is 35.5. The van der Waals surface area contributed by atoms with Gasteiger partial charge in [0.1, 0.15) is 11.9 Å². The van der Waals surface area contributed by atoms with E-state index in [9.17, 15) is 22.8 Å². The van der Waals surface area contributed by atoms with Crippen LogP contribution in [0.15, 0.2) is 24.5 Å². The molecule has 0 unspecified atom stereocenters. The Hall–Kier alpha value is -2.55. The van der Waals surface area contributed by atoms with Crippen molar-refractivity contribution in [1.82, 2.24) is 9.55 Å². The number of hydrogen-bond acceptors (Lipinski definition) is 4. The molecule has 0 saturated heterocycles. The fraction of sp³-hybridized carbons (Fsp3) is 0.353. The lowest BCUT2D eigenvalue weighted by atomic mass is 10.1. The summed E-state index contributed by atoms with van der Waals surface area (Å²) >= 11 is 5.58. The number of anilines is 1. The van der Waals surface area contributed by atoms with Gasteiger partial charge in [0.25, 0.3) is 0 Å². The third-order valence-corrected chi connectivity index (χ3v) is 4.04. The number of alkyl halides is 3. The van der Waals surface area contributed by atoms with Gasteiger partial charge in [-0.2, -0.15) is 13.2 Å². The first-order chi connectivity index (χ1) is 12.4. The molecule has 2 heterocycles. The molecule has 0 aliphatic carbocycles. The number of carbonyl (C=O) groups is 2. The lowest BCUT2D eigenvalue weighted by Crippen LogP contribution is -2.33. The molecular formula is C17H15ClF3N3O3. The standard InChI is InChI=1S/C17H15ClF3N3O3/c1-16(2,3)27-14(25)13-12-7-23(15(18)26)11-6-9(17(19,20)21)4-5-10(11)24(12)8-22-13/h4-6,8H,7H2,1-3H3. The Morgan fingerprint density at radius 3 is 2.41 bits per heavy atom. The van der Waals surface area contributed by atoms with Crippen molar-refractivity contribution in [1.29, 1.82) is 0 Å². The van der Waals surface area contributed by atoms with Gasteiger partial charge < -0.3 is 4.74 Å². The van der Waals surface area contributed by atoms with Crippen LogP contribution < -0.4 is 4.90 Å². The van der Waals surface area contributed by atoms with Gasteiger partial charge in [-0.15, -0.1) is 0 Å². The van der Waals surface area contributed by atoms with Crippen LogP contribution in [0, 0.1) is 0 Å². The smallest absolute Gasteiger partial charge is 0.416 e. The zero-order chi connectivity index (χ0) is 20.1. The largest absolute Gasteiger partial charge is 0.455 e. The van der Waals surface area contributed by atoms with Gasteiger partial charge in [0.05, 0.1) is 29.2 Å². The SMILES string of the molecule is CC(C)(C)OC(=O)c1ncn2c1CN(C(=O)Cl)c1cc(C(F)(F)F)ccc1-2. The summed E-state index contributed by atoms with van der Waals surface area (Å²) in [6, 6.07) is 2.93. The second kappa shape index (κ2) is 6.26. The van der Waals surface area contributed by atoms with Crippen molar-refractivity contribution in [2.24, 2.45) is 0 Å². The molecule has 1 aliphatic rings. The first-order valence-electron chi connectivity index (χ1n) is 7.86. The minimum Gasteiger partial charge on any atom is -0.455 e. The van der Waals surface area contributed by atoms with Crippen molar-refractivity contribution >= 4 is 28.6 Å². The Kier molecular flexibility index (Phi) is 4.46. The van der Waals surface area contributed by atoms with Crippen LogP contribution in [0.1, 0.15) is 42.5 Å². The number of halogens is 4. The molecule has 1 aromatic heterocycles. The quantitative estimate of drug-likeness (QED) is 0.400. The maximum atomic E-state index is 13.0. The van der Waals surface area contributed by atoms with Crippen LogP contribution in [0.4, 0.5) is 23.7 Å². The van der Waals surface area contributed by atoms with Crippen molar-refractivity contribution in [2.45, 2.75) is 39.1 Å². The van der Waals surface area contributed by atoms with E-state index in [0.717, 1.165) is 17.0 Å². The van der Waals surface area contributed by atoms with Crippen molar-refractivity contribution in [3.8, 4) is 5.69 Å². The van der Waals surface area contributed by atoms with Crippen LogP contribution in [-0.4, -0.2) is 26.5 Å². The van der Waals surface area contributed by atoms with E-state index in [4.69, 9.17) is 16.3 Å². The number of ether oxygens (including phenoxy) is 1. The minimum absolute atomic E-state index is 0.0227. The van der Waals surface area contributed by atoms with Crippen LogP contribution in [0.3, 0.4) is 0 Å². The fourth-order valence-corrected chi connectivity index (χ4v) is 2.89. The molecule has 10 heteroatoms.